The lowest BCUT2D eigenvalue weighted by atomic mass is 9.68. The molecule has 0 radical (unpaired) electrons. The number of nitrogens with one attached hydrogen (secondary N) is 1. The number of hydrogen-bond acceptors (Lipinski definition) is 2. The minimum atomic E-state index is 0.526. The summed E-state index contributed by atoms with van der Waals surface area (Å²) in [6, 6.07) is 1.51. The average molecular weight is 253 g/mol. The van der Waals surface area contributed by atoms with E-state index in [-0.39, 0.29) is 0 Å². The zero-order valence-corrected chi connectivity index (χ0v) is 12.7. The van der Waals surface area contributed by atoms with Crippen molar-refractivity contribution in [2.45, 2.75) is 83.9 Å². The van der Waals surface area contributed by atoms with Gasteiger partial charge in [0.15, 0.2) is 0 Å². The topological polar surface area (TPSA) is 21.3 Å². The van der Waals surface area contributed by atoms with E-state index >= 15 is 0 Å². The SMILES string of the molecule is CCC(C)(C)C1CCC(NC2CC(OC)C2)CC1. The summed E-state index contributed by atoms with van der Waals surface area (Å²) < 4.78 is 5.34. The lowest BCUT2D eigenvalue weighted by Crippen LogP contribution is -2.50. The molecule has 0 saturated heterocycles. The molecule has 0 aromatic carbocycles. The summed E-state index contributed by atoms with van der Waals surface area (Å²) in [6.45, 7) is 7.23. The van der Waals surface area contributed by atoms with E-state index in [0.717, 1.165) is 18.0 Å². The molecule has 0 atom stereocenters. The third kappa shape index (κ3) is 3.27. The molecule has 106 valence electrons. The highest BCUT2D eigenvalue weighted by Crippen LogP contribution is 2.40. The van der Waals surface area contributed by atoms with E-state index in [2.05, 4.69) is 26.1 Å². The zero-order chi connectivity index (χ0) is 13.2. The van der Waals surface area contributed by atoms with Crippen molar-refractivity contribution >= 4 is 0 Å². The molecular formula is C16H31NO. The molecule has 1 N–H and O–H groups in total. The third-order valence-corrected chi connectivity index (χ3v) is 5.64. The molecule has 0 unspecified atom stereocenters. The molecule has 18 heavy (non-hydrogen) atoms. The first-order valence-corrected chi connectivity index (χ1v) is 7.84. The molecule has 2 heteroatoms. The monoisotopic (exact) mass is 253 g/mol. The van der Waals surface area contributed by atoms with Crippen LogP contribution in [0.1, 0.15) is 65.7 Å². The second-order valence-electron chi connectivity index (χ2n) is 7.08. The van der Waals surface area contributed by atoms with Gasteiger partial charge < -0.3 is 10.1 Å². The van der Waals surface area contributed by atoms with Gasteiger partial charge in [-0.2, -0.15) is 0 Å². The zero-order valence-electron chi connectivity index (χ0n) is 12.7. The molecule has 2 fully saturated rings. The van der Waals surface area contributed by atoms with Gasteiger partial charge in [0.25, 0.3) is 0 Å². The van der Waals surface area contributed by atoms with Crippen molar-refractivity contribution in [1.29, 1.82) is 0 Å². The van der Waals surface area contributed by atoms with Crippen LogP contribution >= 0.6 is 0 Å². The van der Waals surface area contributed by atoms with Crippen LogP contribution in [-0.2, 0) is 4.74 Å². The van der Waals surface area contributed by atoms with E-state index in [1.807, 2.05) is 7.11 Å². The number of rotatable bonds is 5. The van der Waals surface area contributed by atoms with Gasteiger partial charge in [-0.05, 0) is 49.9 Å². The molecule has 2 saturated carbocycles. The molecule has 0 spiro atoms. The van der Waals surface area contributed by atoms with E-state index in [4.69, 9.17) is 4.74 Å². The first kappa shape index (κ1) is 14.3. The second-order valence-corrected chi connectivity index (χ2v) is 7.08. The van der Waals surface area contributed by atoms with Crippen LogP contribution in [0.25, 0.3) is 0 Å². The van der Waals surface area contributed by atoms with E-state index in [0.29, 0.717) is 11.5 Å². The quantitative estimate of drug-likeness (QED) is 0.805. The molecule has 2 nitrogen and oxygen atoms in total. The van der Waals surface area contributed by atoms with Crippen molar-refractivity contribution in [2.75, 3.05) is 7.11 Å². The van der Waals surface area contributed by atoms with Crippen LogP contribution in [0.4, 0.5) is 0 Å². The number of methoxy groups -OCH3 is 1. The second kappa shape index (κ2) is 5.92. The molecule has 0 aromatic heterocycles. The summed E-state index contributed by atoms with van der Waals surface area (Å²) in [5.74, 6) is 0.939. The van der Waals surface area contributed by atoms with E-state index in [9.17, 15) is 0 Å². The van der Waals surface area contributed by atoms with Gasteiger partial charge >= 0.3 is 0 Å². The van der Waals surface area contributed by atoms with Crippen molar-refractivity contribution in [3.8, 4) is 0 Å². The number of hydrogen-bond donors (Lipinski definition) is 1. The van der Waals surface area contributed by atoms with E-state index in [1.165, 1.54) is 44.9 Å². The predicted molar refractivity (Wildman–Crippen MR) is 76.8 cm³/mol. The Morgan fingerprint density at radius 1 is 1.06 bits per heavy atom. The van der Waals surface area contributed by atoms with Crippen LogP contribution in [0, 0.1) is 11.3 Å². The molecule has 0 aliphatic heterocycles. The van der Waals surface area contributed by atoms with Gasteiger partial charge in [0.05, 0.1) is 6.10 Å². The van der Waals surface area contributed by atoms with Crippen molar-refractivity contribution in [1.82, 2.24) is 5.32 Å². The fourth-order valence-electron chi connectivity index (χ4n) is 3.56. The van der Waals surface area contributed by atoms with Crippen molar-refractivity contribution < 1.29 is 4.74 Å². The molecule has 0 bridgehead atoms. The van der Waals surface area contributed by atoms with Crippen molar-refractivity contribution in [2.24, 2.45) is 11.3 Å². The number of ether oxygens (including phenoxy) is 1. The van der Waals surface area contributed by atoms with Crippen LogP contribution in [0.2, 0.25) is 0 Å². The Labute approximate surface area is 113 Å². The van der Waals surface area contributed by atoms with Gasteiger partial charge in [0, 0.05) is 19.2 Å². The minimum Gasteiger partial charge on any atom is -0.381 e. The fraction of sp³-hybridized carbons (Fsp3) is 1.00. The molecule has 0 amide bonds. The summed E-state index contributed by atoms with van der Waals surface area (Å²) in [5.41, 5.74) is 0.544. The van der Waals surface area contributed by atoms with Crippen LogP contribution in [0.3, 0.4) is 0 Å². The van der Waals surface area contributed by atoms with Gasteiger partial charge in [-0.15, -0.1) is 0 Å². The summed E-state index contributed by atoms with van der Waals surface area (Å²) in [7, 11) is 1.83. The summed E-state index contributed by atoms with van der Waals surface area (Å²) in [4.78, 5) is 0. The summed E-state index contributed by atoms with van der Waals surface area (Å²) >= 11 is 0. The van der Waals surface area contributed by atoms with Gasteiger partial charge in [0.1, 0.15) is 0 Å². The first-order chi connectivity index (χ1) is 8.55. The Hall–Kier alpha value is -0.0800. The fourth-order valence-corrected chi connectivity index (χ4v) is 3.56. The highest BCUT2D eigenvalue weighted by Gasteiger charge is 2.34. The van der Waals surface area contributed by atoms with Gasteiger partial charge in [0.2, 0.25) is 0 Å². The van der Waals surface area contributed by atoms with E-state index in [1.54, 1.807) is 0 Å². The highest BCUT2D eigenvalue weighted by atomic mass is 16.5. The van der Waals surface area contributed by atoms with Crippen molar-refractivity contribution in [3.63, 3.8) is 0 Å². The van der Waals surface area contributed by atoms with Crippen molar-refractivity contribution in [3.05, 3.63) is 0 Å². The maximum Gasteiger partial charge on any atom is 0.0601 e. The van der Waals surface area contributed by atoms with Crippen LogP contribution in [-0.4, -0.2) is 25.3 Å². The molecule has 2 aliphatic rings. The lowest BCUT2D eigenvalue weighted by Gasteiger charge is -2.42. The molecule has 0 heterocycles. The summed E-state index contributed by atoms with van der Waals surface area (Å²) in [5, 5.41) is 3.83. The van der Waals surface area contributed by atoms with Gasteiger partial charge in [-0.3, -0.25) is 0 Å². The molecular weight excluding hydrogens is 222 g/mol. The molecule has 0 aromatic rings. The average Bonchev–Trinajstić information content (AvgIpc) is 2.34. The molecule has 2 rings (SSSR count). The Bertz CT molecular complexity index is 250. The van der Waals surface area contributed by atoms with Gasteiger partial charge in [-0.1, -0.05) is 27.2 Å². The maximum atomic E-state index is 5.34. The Morgan fingerprint density at radius 3 is 2.17 bits per heavy atom. The smallest absolute Gasteiger partial charge is 0.0601 e. The van der Waals surface area contributed by atoms with Crippen LogP contribution < -0.4 is 5.32 Å². The normalized spacial score (nSPS) is 37.3. The maximum absolute atomic E-state index is 5.34. The van der Waals surface area contributed by atoms with Crippen LogP contribution in [0.5, 0.6) is 0 Å². The van der Waals surface area contributed by atoms with Gasteiger partial charge in [-0.25, -0.2) is 0 Å². The van der Waals surface area contributed by atoms with Crippen LogP contribution in [0.15, 0.2) is 0 Å². The highest BCUT2D eigenvalue weighted by molar-refractivity contribution is 4.91. The Kier molecular flexibility index (Phi) is 4.71. The summed E-state index contributed by atoms with van der Waals surface area (Å²) in [6.07, 6.45) is 9.86. The lowest BCUT2D eigenvalue weighted by molar-refractivity contribution is 0.0107. The molecule has 2 aliphatic carbocycles. The largest absolute Gasteiger partial charge is 0.381 e. The predicted octanol–water partition coefficient (Wildman–Crippen LogP) is 3.75. The minimum absolute atomic E-state index is 0.526. The first-order valence-electron chi connectivity index (χ1n) is 7.84. The van der Waals surface area contributed by atoms with E-state index < -0.39 is 0 Å². The third-order valence-electron chi connectivity index (χ3n) is 5.64. The Balaban J connectivity index is 1.68. The Morgan fingerprint density at radius 2 is 1.67 bits per heavy atom. The standard InChI is InChI=1S/C16H31NO/c1-5-16(2,3)12-6-8-13(9-7-12)17-14-10-15(11-14)18-4/h12-15,17H,5-11H2,1-4H3.